The molecule has 2 heteroatoms. The fourth-order valence-electron chi connectivity index (χ4n) is 1.08. The van der Waals surface area contributed by atoms with Gasteiger partial charge in [-0.15, -0.1) is 11.3 Å². The first kappa shape index (κ1) is 12.6. The van der Waals surface area contributed by atoms with Crippen LogP contribution in [0.5, 0.6) is 0 Å². The Bertz CT molecular complexity index is 370. The summed E-state index contributed by atoms with van der Waals surface area (Å²) in [7, 11) is 0. The second kappa shape index (κ2) is 5.57. The molecule has 0 fully saturated rings. The molecule has 0 radical (unpaired) electrons. The van der Waals surface area contributed by atoms with Gasteiger partial charge in [0.15, 0.2) is 0 Å². The van der Waals surface area contributed by atoms with E-state index in [1.165, 1.54) is 19.6 Å². The highest BCUT2D eigenvalue weighted by Crippen LogP contribution is 2.38. The van der Waals surface area contributed by atoms with Crippen molar-refractivity contribution in [2.24, 2.45) is 5.92 Å². The summed E-state index contributed by atoms with van der Waals surface area (Å²) >= 11 is 3.64. The average molecular weight is 238 g/mol. The van der Waals surface area contributed by atoms with Crippen molar-refractivity contribution in [3.05, 3.63) is 39.4 Å². The molecule has 0 aliphatic rings. The highest BCUT2D eigenvalue weighted by Gasteiger charge is 2.08. The minimum atomic E-state index is 0.533. The van der Waals surface area contributed by atoms with Crippen molar-refractivity contribution in [3.63, 3.8) is 0 Å². The Morgan fingerprint density at radius 2 is 2.13 bits per heavy atom. The number of aryl methyl sites for hydroxylation is 1. The summed E-state index contributed by atoms with van der Waals surface area (Å²) in [5, 5.41) is 0. The van der Waals surface area contributed by atoms with E-state index in [0.29, 0.717) is 5.92 Å². The van der Waals surface area contributed by atoms with Crippen LogP contribution in [0, 0.1) is 12.8 Å². The lowest BCUT2D eigenvalue weighted by Crippen LogP contribution is -1.87. The van der Waals surface area contributed by atoms with Gasteiger partial charge in [-0.3, -0.25) is 0 Å². The molecule has 1 aromatic heterocycles. The Morgan fingerprint density at radius 3 is 2.53 bits per heavy atom. The van der Waals surface area contributed by atoms with Gasteiger partial charge in [0, 0.05) is 14.7 Å². The minimum absolute atomic E-state index is 0.533. The van der Waals surface area contributed by atoms with Crippen molar-refractivity contribution >= 4 is 28.0 Å². The third kappa shape index (κ3) is 3.54. The van der Waals surface area contributed by atoms with E-state index in [-0.39, 0.29) is 0 Å². The summed E-state index contributed by atoms with van der Waals surface area (Å²) < 4.78 is 0. The predicted molar refractivity (Wildman–Crippen MR) is 74.3 cm³/mol. The quantitative estimate of drug-likeness (QED) is 0.684. The van der Waals surface area contributed by atoms with E-state index in [0.717, 1.165) is 0 Å². The number of hydrogen-bond donors (Lipinski definition) is 0. The van der Waals surface area contributed by atoms with Crippen LogP contribution in [0.3, 0.4) is 0 Å². The number of allylic oxidation sites excluding steroid dienone is 2. The Kier molecular flexibility index (Phi) is 4.68. The largest absolute Gasteiger partial charge is 0.140 e. The van der Waals surface area contributed by atoms with Gasteiger partial charge in [-0.05, 0) is 36.8 Å². The van der Waals surface area contributed by atoms with Crippen molar-refractivity contribution in [2.45, 2.75) is 27.7 Å². The molecule has 0 aliphatic carbocycles. The lowest BCUT2D eigenvalue weighted by molar-refractivity contribution is 0.821. The van der Waals surface area contributed by atoms with Crippen LogP contribution in [0.25, 0.3) is 4.91 Å². The van der Waals surface area contributed by atoms with Crippen LogP contribution in [-0.2, 0) is 0 Å². The standard InChI is InChI=1S/C13H18S2/c1-6-12(15-11(5)9(2)3)13-8-7-10(4)14-13/h6-9H,5H2,1-4H3/b12-6-. The number of hydrogen-bond acceptors (Lipinski definition) is 2. The van der Waals surface area contributed by atoms with E-state index < -0.39 is 0 Å². The Hall–Kier alpha value is -0.470. The maximum atomic E-state index is 4.10. The molecule has 0 nitrogen and oxygen atoms in total. The second-order valence-electron chi connectivity index (χ2n) is 3.79. The van der Waals surface area contributed by atoms with Crippen molar-refractivity contribution in [1.82, 2.24) is 0 Å². The van der Waals surface area contributed by atoms with Crippen LogP contribution in [0.2, 0.25) is 0 Å². The molecule has 0 unspecified atom stereocenters. The van der Waals surface area contributed by atoms with Crippen LogP contribution in [-0.4, -0.2) is 0 Å². The molecular weight excluding hydrogens is 220 g/mol. The summed E-state index contributed by atoms with van der Waals surface area (Å²) in [6.45, 7) is 12.7. The smallest absolute Gasteiger partial charge is 0.0409 e. The molecule has 1 aromatic rings. The topological polar surface area (TPSA) is 0 Å². The highest BCUT2D eigenvalue weighted by molar-refractivity contribution is 8.11. The molecule has 0 amide bonds. The zero-order valence-electron chi connectivity index (χ0n) is 9.83. The van der Waals surface area contributed by atoms with E-state index in [9.17, 15) is 0 Å². The summed E-state index contributed by atoms with van der Waals surface area (Å²) in [5.41, 5.74) is 0. The minimum Gasteiger partial charge on any atom is -0.140 e. The molecule has 0 saturated carbocycles. The normalized spacial score (nSPS) is 12.2. The van der Waals surface area contributed by atoms with Crippen LogP contribution in [0.15, 0.2) is 29.7 Å². The molecule has 0 aliphatic heterocycles. The molecule has 15 heavy (non-hydrogen) atoms. The first-order valence-electron chi connectivity index (χ1n) is 5.14. The number of thiophene rings is 1. The van der Waals surface area contributed by atoms with Crippen molar-refractivity contribution in [1.29, 1.82) is 0 Å². The number of thioether (sulfide) groups is 1. The third-order valence-electron chi connectivity index (χ3n) is 2.13. The first-order chi connectivity index (χ1) is 7.04. The van der Waals surface area contributed by atoms with Gasteiger partial charge in [0.25, 0.3) is 0 Å². The summed E-state index contributed by atoms with van der Waals surface area (Å²) in [4.78, 5) is 5.27. The fraction of sp³-hybridized carbons (Fsp3) is 0.385. The van der Waals surface area contributed by atoms with E-state index in [4.69, 9.17) is 0 Å². The van der Waals surface area contributed by atoms with Crippen LogP contribution in [0.4, 0.5) is 0 Å². The molecule has 1 rings (SSSR count). The molecule has 0 N–H and O–H groups in total. The van der Waals surface area contributed by atoms with E-state index in [1.54, 1.807) is 11.8 Å². The zero-order valence-corrected chi connectivity index (χ0v) is 11.5. The predicted octanol–water partition coefficient (Wildman–Crippen LogP) is 5.32. The van der Waals surface area contributed by atoms with Crippen molar-refractivity contribution in [2.75, 3.05) is 0 Å². The van der Waals surface area contributed by atoms with Gasteiger partial charge >= 0.3 is 0 Å². The molecule has 0 aromatic carbocycles. The van der Waals surface area contributed by atoms with E-state index >= 15 is 0 Å². The van der Waals surface area contributed by atoms with E-state index in [1.807, 2.05) is 11.3 Å². The van der Waals surface area contributed by atoms with E-state index in [2.05, 4.69) is 52.5 Å². The SMILES string of the molecule is C=C(S/C(=C\C)c1ccc(C)s1)C(C)C. The highest BCUT2D eigenvalue weighted by atomic mass is 32.2. The maximum absolute atomic E-state index is 4.10. The monoisotopic (exact) mass is 238 g/mol. The van der Waals surface area contributed by atoms with Gasteiger partial charge in [-0.2, -0.15) is 0 Å². The molecule has 0 saturated heterocycles. The van der Waals surface area contributed by atoms with Crippen LogP contribution in [0.1, 0.15) is 30.5 Å². The average Bonchev–Trinajstić information content (AvgIpc) is 2.60. The Morgan fingerprint density at radius 1 is 1.47 bits per heavy atom. The molecule has 0 bridgehead atoms. The molecule has 0 atom stereocenters. The van der Waals surface area contributed by atoms with Crippen LogP contribution >= 0.6 is 23.1 Å². The van der Waals surface area contributed by atoms with Crippen LogP contribution < -0.4 is 0 Å². The van der Waals surface area contributed by atoms with Crippen molar-refractivity contribution < 1.29 is 0 Å². The van der Waals surface area contributed by atoms with Gasteiger partial charge in [0.1, 0.15) is 0 Å². The lowest BCUT2D eigenvalue weighted by atomic mass is 10.2. The molecule has 1 heterocycles. The first-order valence-corrected chi connectivity index (χ1v) is 6.77. The fourth-order valence-corrected chi connectivity index (χ4v) is 2.97. The molecule has 0 spiro atoms. The Balaban J connectivity index is 2.79. The Labute approximate surface area is 101 Å². The maximum Gasteiger partial charge on any atom is 0.0409 e. The van der Waals surface area contributed by atoms with Crippen molar-refractivity contribution in [3.8, 4) is 0 Å². The van der Waals surface area contributed by atoms with Gasteiger partial charge in [-0.1, -0.05) is 38.3 Å². The van der Waals surface area contributed by atoms with Gasteiger partial charge < -0.3 is 0 Å². The second-order valence-corrected chi connectivity index (χ2v) is 6.24. The summed E-state index contributed by atoms with van der Waals surface area (Å²) in [6, 6.07) is 4.36. The molecule has 82 valence electrons. The zero-order chi connectivity index (χ0) is 11.4. The third-order valence-corrected chi connectivity index (χ3v) is 4.70. The summed E-state index contributed by atoms with van der Waals surface area (Å²) in [5.74, 6) is 0.533. The number of rotatable bonds is 4. The summed E-state index contributed by atoms with van der Waals surface area (Å²) in [6.07, 6.45) is 2.17. The molecular formula is C13H18S2. The lowest BCUT2D eigenvalue weighted by Gasteiger charge is -2.10. The van der Waals surface area contributed by atoms with Gasteiger partial charge in [-0.25, -0.2) is 0 Å². The van der Waals surface area contributed by atoms with Gasteiger partial charge in [0.2, 0.25) is 0 Å². The van der Waals surface area contributed by atoms with Gasteiger partial charge in [0.05, 0.1) is 0 Å².